The molecule has 0 amide bonds. The second kappa shape index (κ2) is 11.7. The molecule has 2 N–H and O–H groups in total. The van der Waals surface area contributed by atoms with E-state index in [2.05, 4.69) is 20.4 Å². The van der Waals surface area contributed by atoms with Crippen molar-refractivity contribution >= 4 is 29.2 Å². The van der Waals surface area contributed by atoms with E-state index in [9.17, 15) is 26.3 Å². The van der Waals surface area contributed by atoms with Gasteiger partial charge in [0, 0.05) is 43.3 Å². The molecule has 2 aromatic heterocycles. The number of methoxy groups -OCH3 is 1. The molecule has 1 aliphatic heterocycles. The van der Waals surface area contributed by atoms with Crippen molar-refractivity contribution in [2.45, 2.75) is 37.4 Å². The molecule has 1 aliphatic rings. The molecule has 1 atom stereocenters. The van der Waals surface area contributed by atoms with Crippen LogP contribution in [0.25, 0.3) is 5.69 Å². The van der Waals surface area contributed by atoms with Crippen LogP contribution in [0.3, 0.4) is 0 Å². The monoisotopic (exact) mass is 602 g/mol. The van der Waals surface area contributed by atoms with Gasteiger partial charge in [-0.1, -0.05) is 23.7 Å². The molecule has 4 aromatic rings. The quantitative estimate of drug-likeness (QED) is 0.262. The van der Waals surface area contributed by atoms with Crippen LogP contribution in [0.4, 0.5) is 38.0 Å². The van der Waals surface area contributed by atoms with E-state index in [0.29, 0.717) is 28.0 Å². The Morgan fingerprint density at radius 3 is 2.46 bits per heavy atom. The molecule has 0 spiro atoms. The largest absolute Gasteiger partial charge is 0.494 e. The number of alkyl halides is 5. The minimum atomic E-state index is -5.08. The molecule has 0 bridgehead atoms. The minimum Gasteiger partial charge on any atom is -0.494 e. The number of halogens is 7. The maximum absolute atomic E-state index is 14.4. The highest BCUT2D eigenvalue weighted by Crippen LogP contribution is 2.40. The van der Waals surface area contributed by atoms with Gasteiger partial charge < -0.3 is 19.7 Å². The number of anilines is 2. The van der Waals surface area contributed by atoms with Crippen molar-refractivity contribution in [1.82, 2.24) is 24.3 Å². The summed E-state index contributed by atoms with van der Waals surface area (Å²) in [5.41, 5.74) is 1.95. The molecule has 16 heteroatoms. The Hall–Kier alpha value is -4.27. The number of carboxylic acids is 1. The molecule has 218 valence electrons. The Kier molecular flexibility index (Phi) is 8.47. The number of aromatic nitrogens is 5. The number of benzene rings is 2. The normalized spacial score (nSPS) is 16.1. The summed E-state index contributed by atoms with van der Waals surface area (Å²) in [4.78, 5) is 17.4. The van der Waals surface area contributed by atoms with E-state index in [1.807, 2.05) is 12.1 Å². The molecule has 2 aromatic carbocycles. The molecule has 0 saturated heterocycles. The smallest absolute Gasteiger partial charge is 0.490 e. The predicted molar refractivity (Wildman–Crippen MR) is 135 cm³/mol. The summed E-state index contributed by atoms with van der Waals surface area (Å²) < 4.78 is 82.8. The number of hydrogen-bond donors (Lipinski definition) is 2. The summed E-state index contributed by atoms with van der Waals surface area (Å²) in [5, 5.41) is 15.0. The molecule has 0 saturated carbocycles. The lowest BCUT2D eigenvalue weighted by molar-refractivity contribution is -0.192. The van der Waals surface area contributed by atoms with E-state index in [1.165, 1.54) is 28.9 Å². The Balaban J connectivity index is 0.000000493. The van der Waals surface area contributed by atoms with E-state index >= 15 is 0 Å². The van der Waals surface area contributed by atoms with E-state index < -0.39 is 36.2 Å². The van der Waals surface area contributed by atoms with Gasteiger partial charge in [-0.2, -0.15) is 18.2 Å². The first kappa shape index (κ1) is 29.7. The van der Waals surface area contributed by atoms with Crippen molar-refractivity contribution in [2.24, 2.45) is 0 Å². The zero-order valence-electron chi connectivity index (χ0n) is 21.0. The van der Waals surface area contributed by atoms with E-state index in [0.717, 1.165) is 5.69 Å². The second-order valence-electron chi connectivity index (χ2n) is 8.85. The number of hydrogen-bond acceptors (Lipinski definition) is 6. The molecule has 0 aliphatic carbocycles. The maximum atomic E-state index is 14.4. The molecule has 1 unspecified atom stereocenters. The van der Waals surface area contributed by atoms with Crippen LogP contribution in [0, 0.1) is 5.82 Å². The number of rotatable bonds is 5. The molecule has 3 heterocycles. The summed E-state index contributed by atoms with van der Waals surface area (Å²) >= 11 is 5.92. The predicted octanol–water partition coefficient (Wildman–Crippen LogP) is 6.20. The number of fused-ring (bicyclic) bond motifs is 1. The van der Waals surface area contributed by atoms with Crippen molar-refractivity contribution in [1.29, 1.82) is 0 Å². The van der Waals surface area contributed by atoms with E-state index in [4.69, 9.17) is 26.2 Å². The van der Waals surface area contributed by atoms with Crippen LogP contribution in [0.15, 0.2) is 55.0 Å². The Bertz CT molecular complexity index is 1520. The van der Waals surface area contributed by atoms with Gasteiger partial charge in [0.1, 0.15) is 28.9 Å². The van der Waals surface area contributed by atoms with Gasteiger partial charge in [0.05, 0.1) is 12.8 Å². The number of aliphatic carboxylic acids is 1. The lowest BCUT2D eigenvalue weighted by Crippen LogP contribution is -2.21. The maximum Gasteiger partial charge on any atom is 0.490 e. The van der Waals surface area contributed by atoms with Gasteiger partial charge in [-0.3, -0.25) is 0 Å². The third-order valence-corrected chi connectivity index (χ3v) is 6.18. The van der Waals surface area contributed by atoms with Crippen molar-refractivity contribution in [3.63, 3.8) is 0 Å². The van der Waals surface area contributed by atoms with Gasteiger partial charge in [-0.25, -0.2) is 27.6 Å². The SMILES string of the molecule is COc1cc(Nc2nc3n(n2)CCC(F)(F)CC3c2ccc(F)cc2)ccc1-n1cnc(Cl)c1.O=C(O)C(F)(F)F. The summed E-state index contributed by atoms with van der Waals surface area (Å²) in [6.45, 7) is 0.0261. The van der Waals surface area contributed by atoms with E-state index in [1.54, 1.807) is 30.3 Å². The van der Waals surface area contributed by atoms with Crippen LogP contribution in [-0.2, 0) is 11.3 Å². The van der Waals surface area contributed by atoms with Crippen LogP contribution < -0.4 is 10.1 Å². The number of aryl methyl sites for hydroxylation is 1. The molecule has 0 radical (unpaired) electrons. The third-order valence-electron chi connectivity index (χ3n) is 5.98. The molecular weight excluding hydrogens is 582 g/mol. The fourth-order valence-corrected chi connectivity index (χ4v) is 4.23. The summed E-state index contributed by atoms with van der Waals surface area (Å²) in [5.74, 6) is -5.55. The van der Waals surface area contributed by atoms with Crippen LogP contribution in [0.5, 0.6) is 5.75 Å². The topological polar surface area (TPSA) is 107 Å². The highest BCUT2D eigenvalue weighted by Gasteiger charge is 2.40. The molecule has 5 rings (SSSR count). The van der Waals surface area contributed by atoms with Crippen molar-refractivity contribution in [3.8, 4) is 11.4 Å². The highest BCUT2D eigenvalue weighted by molar-refractivity contribution is 6.29. The van der Waals surface area contributed by atoms with Gasteiger partial charge in [0.2, 0.25) is 5.95 Å². The Morgan fingerprint density at radius 1 is 1.20 bits per heavy atom. The summed E-state index contributed by atoms with van der Waals surface area (Å²) in [7, 11) is 1.55. The van der Waals surface area contributed by atoms with Crippen LogP contribution >= 0.6 is 11.6 Å². The van der Waals surface area contributed by atoms with Crippen molar-refractivity contribution in [3.05, 3.63) is 77.3 Å². The van der Waals surface area contributed by atoms with Crippen LogP contribution in [0.1, 0.15) is 30.1 Å². The summed E-state index contributed by atoms with van der Waals surface area (Å²) in [6, 6.07) is 10.9. The molecule has 0 fully saturated rings. The number of nitrogens with zero attached hydrogens (tertiary/aromatic N) is 5. The minimum absolute atomic E-state index is 0.0261. The first-order valence-corrected chi connectivity index (χ1v) is 12.2. The van der Waals surface area contributed by atoms with Crippen molar-refractivity contribution in [2.75, 3.05) is 12.4 Å². The molecule has 9 nitrogen and oxygen atoms in total. The lowest BCUT2D eigenvalue weighted by atomic mass is 9.92. The lowest BCUT2D eigenvalue weighted by Gasteiger charge is -2.19. The number of carboxylic acid groups (broad SMARTS) is 1. The Morgan fingerprint density at radius 2 is 1.88 bits per heavy atom. The fourth-order valence-electron chi connectivity index (χ4n) is 4.08. The first-order valence-electron chi connectivity index (χ1n) is 11.8. The molecular formula is C25H21ClF6N6O3. The van der Waals surface area contributed by atoms with Gasteiger partial charge in [0.15, 0.2) is 0 Å². The van der Waals surface area contributed by atoms with Gasteiger partial charge >= 0.3 is 12.1 Å². The van der Waals surface area contributed by atoms with Gasteiger partial charge in [-0.05, 0) is 29.8 Å². The molecule has 41 heavy (non-hydrogen) atoms. The zero-order valence-corrected chi connectivity index (χ0v) is 21.8. The average molecular weight is 603 g/mol. The van der Waals surface area contributed by atoms with Gasteiger partial charge in [-0.15, -0.1) is 5.10 Å². The zero-order chi connectivity index (χ0) is 29.9. The first-order chi connectivity index (χ1) is 19.3. The third kappa shape index (κ3) is 7.28. The number of nitrogens with one attached hydrogen (secondary N) is 1. The standard InChI is InChI=1S/C23H20ClF3N6O.C2HF3O2/c1-34-19-10-16(6-7-18(19)32-12-20(24)28-13-32)29-22-30-21-17(14-2-4-15(25)5-3-14)11-23(26,27)8-9-33(21)31-22;3-2(4,5)1(6)7/h2-7,10,12-13,17H,8-9,11H2,1H3,(H,29,31);(H,6,7). The number of ether oxygens (including phenoxy) is 1. The summed E-state index contributed by atoms with van der Waals surface area (Å²) in [6.07, 6.45) is -2.62. The second-order valence-corrected chi connectivity index (χ2v) is 9.24. The average Bonchev–Trinajstić information content (AvgIpc) is 3.49. The van der Waals surface area contributed by atoms with Gasteiger partial charge in [0.25, 0.3) is 5.92 Å². The fraction of sp³-hybridized carbons (Fsp3) is 0.280. The van der Waals surface area contributed by atoms with Crippen molar-refractivity contribution < 1.29 is 41.0 Å². The van der Waals surface area contributed by atoms with Crippen LogP contribution in [-0.4, -0.2) is 54.6 Å². The number of imidazole rings is 1. The Labute approximate surface area is 233 Å². The van der Waals surface area contributed by atoms with Crippen LogP contribution in [0.2, 0.25) is 5.15 Å². The van der Waals surface area contributed by atoms with E-state index in [-0.39, 0.29) is 18.9 Å². The highest BCUT2D eigenvalue weighted by atomic mass is 35.5. The number of carbonyl (C=O) groups is 1.